The second-order valence-corrected chi connectivity index (χ2v) is 6.54. The molecule has 0 aliphatic rings. The van der Waals surface area contributed by atoms with Crippen molar-refractivity contribution < 1.29 is 27.5 Å². The third kappa shape index (κ3) is 8.42. The molecule has 25 heavy (non-hydrogen) atoms. The smallest absolute Gasteiger partial charge is 0.405 e. The van der Waals surface area contributed by atoms with Crippen molar-refractivity contribution in [2.24, 2.45) is 5.41 Å². The van der Waals surface area contributed by atoms with Crippen LogP contribution >= 0.6 is 0 Å². The number of ether oxygens (including phenoxy) is 1. The summed E-state index contributed by atoms with van der Waals surface area (Å²) in [6.45, 7) is 5.65. The zero-order valence-electron chi connectivity index (χ0n) is 14.5. The van der Waals surface area contributed by atoms with E-state index in [2.05, 4.69) is 15.4 Å². The molecule has 8 heteroatoms. The molecule has 0 spiro atoms. The molecule has 0 unspecified atom stereocenters. The molecule has 0 saturated carbocycles. The van der Waals surface area contributed by atoms with Gasteiger partial charge in [-0.15, -0.1) is 13.2 Å². The van der Waals surface area contributed by atoms with Crippen LogP contribution in [0.25, 0.3) is 0 Å². The lowest BCUT2D eigenvalue weighted by Gasteiger charge is -2.17. The van der Waals surface area contributed by atoms with Gasteiger partial charge in [-0.1, -0.05) is 39.0 Å². The van der Waals surface area contributed by atoms with Crippen molar-refractivity contribution in [1.29, 1.82) is 0 Å². The van der Waals surface area contributed by atoms with Crippen molar-refractivity contribution in [3.05, 3.63) is 29.8 Å². The minimum Gasteiger partial charge on any atom is -0.405 e. The molecule has 0 saturated heterocycles. The van der Waals surface area contributed by atoms with Gasteiger partial charge in [0.05, 0.1) is 0 Å². The lowest BCUT2D eigenvalue weighted by Crippen LogP contribution is -2.35. The fraction of sp³-hybridized carbons (Fsp3) is 0.529. The van der Waals surface area contributed by atoms with Gasteiger partial charge in [0.2, 0.25) is 11.8 Å². The van der Waals surface area contributed by atoms with Crippen molar-refractivity contribution in [2.75, 3.05) is 6.54 Å². The van der Waals surface area contributed by atoms with Crippen LogP contribution in [0, 0.1) is 5.41 Å². The molecule has 0 atom stereocenters. The maximum Gasteiger partial charge on any atom is 0.573 e. The normalized spacial score (nSPS) is 11.8. The average molecular weight is 360 g/mol. The standard InChI is InChI=1S/C17H23F3N2O3/c1-16(2,3)15(24)21-10-6-9-14(23)22-11-12-7-4-5-8-13(12)25-17(18,19)20/h4-5,7-8H,6,9-11H2,1-3H3,(H,21,24)(H,22,23). The first kappa shape index (κ1) is 20.8. The molecule has 0 aliphatic heterocycles. The Kier molecular flexibility index (Phi) is 7.26. The molecule has 0 heterocycles. The van der Waals surface area contributed by atoms with E-state index in [0.29, 0.717) is 13.0 Å². The van der Waals surface area contributed by atoms with E-state index >= 15 is 0 Å². The van der Waals surface area contributed by atoms with Crippen LogP contribution in [0.2, 0.25) is 0 Å². The highest BCUT2D eigenvalue weighted by Gasteiger charge is 2.32. The molecule has 0 aromatic heterocycles. The molecular weight excluding hydrogens is 337 g/mol. The molecule has 0 radical (unpaired) electrons. The van der Waals surface area contributed by atoms with Gasteiger partial charge >= 0.3 is 6.36 Å². The highest BCUT2D eigenvalue weighted by Crippen LogP contribution is 2.26. The summed E-state index contributed by atoms with van der Waals surface area (Å²) in [4.78, 5) is 23.4. The maximum absolute atomic E-state index is 12.3. The van der Waals surface area contributed by atoms with Gasteiger partial charge in [-0.3, -0.25) is 9.59 Å². The fourth-order valence-corrected chi connectivity index (χ4v) is 1.87. The van der Waals surface area contributed by atoms with Crippen molar-refractivity contribution >= 4 is 11.8 Å². The monoisotopic (exact) mass is 360 g/mol. The van der Waals surface area contributed by atoms with Crippen molar-refractivity contribution in [1.82, 2.24) is 10.6 Å². The van der Waals surface area contributed by atoms with Crippen LogP contribution in [0.15, 0.2) is 24.3 Å². The van der Waals surface area contributed by atoms with Crippen LogP contribution in [0.5, 0.6) is 5.75 Å². The highest BCUT2D eigenvalue weighted by molar-refractivity contribution is 5.81. The number of para-hydroxylation sites is 1. The maximum atomic E-state index is 12.3. The molecule has 2 amide bonds. The zero-order valence-corrected chi connectivity index (χ0v) is 14.5. The van der Waals surface area contributed by atoms with Crippen molar-refractivity contribution in [3.63, 3.8) is 0 Å². The summed E-state index contributed by atoms with van der Waals surface area (Å²) in [5.41, 5.74) is -0.265. The number of benzene rings is 1. The molecule has 5 nitrogen and oxygen atoms in total. The van der Waals surface area contributed by atoms with Gasteiger partial charge in [0, 0.05) is 30.5 Å². The zero-order chi connectivity index (χ0) is 19.1. The first-order chi connectivity index (χ1) is 11.5. The van der Waals surface area contributed by atoms with E-state index in [4.69, 9.17) is 0 Å². The minimum absolute atomic E-state index is 0.0700. The molecule has 0 bridgehead atoms. The van der Waals surface area contributed by atoms with E-state index < -0.39 is 11.8 Å². The van der Waals surface area contributed by atoms with Crippen LogP contribution in [0.3, 0.4) is 0 Å². The summed E-state index contributed by atoms with van der Waals surface area (Å²) in [5.74, 6) is -0.759. The number of carbonyl (C=O) groups excluding carboxylic acids is 2. The molecule has 1 aromatic carbocycles. The third-order valence-electron chi connectivity index (χ3n) is 3.22. The number of carbonyl (C=O) groups is 2. The van der Waals surface area contributed by atoms with E-state index in [0.717, 1.165) is 0 Å². The topological polar surface area (TPSA) is 67.4 Å². The first-order valence-electron chi connectivity index (χ1n) is 7.88. The highest BCUT2D eigenvalue weighted by atomic mass is 19.4. The second kappa shape index (κ2) is 8.73. The van der Waals surface area contributed by atoms with Crippen LogP contribution in [-0.4, -0.2) is 24.7 Å². The third-order valence-corrected chi connectivity index (χ3v) is 3.22. The van der Waals surface area contributed by atoms with Crippen LogP contribution in [-0.2, 0) is 16.1 Å². The molecule has 1 aromatic rings. The summed E-state index contributed by atoms with van der Waals surface area (Å²) >= 11 is 0. The lowest BCUT2D eigenvalue weighted by molar-refractivity contribution is -0.274. The Balaban J connectivity index is 2.39. The Hall–Kier alpha value is -2.25. The van der Waals surface area contributed by atoms with E-state index in [-0.39, 0.29) is 36.1 Å². The molecule has 1 rings (SSSR count). The number of halogens is 3. The van der Waals surface area contributed by atoms with Crippen LogP contribution in [0.4, 0.5) is 13.2 Å². The number of nitrogens with one attached hydrogen (secondary N) is 2. The van der Waals surface area contributed by atoms with Crippen molar-refractivity contribution in [3.8, 4) is 5.75 Å². The average Bonchev–Trinajstić information content (AvgIpc) is 2.48. The summed E-state index contributed by atoms with van der Waals surface area (Å²) < 4.78 is 40.9. The number of alkyl halides is 3. The number of amides is 2. The Morgan fingerprint density at radius 3 is 2.32 bits per heavy atom. The molecule has 0 aliphatic carbocycles. The molecular formula is C17H23F3N2O3. The second-order valence-electron chi connectivity index (χ2n) is 6.54. The summed E-state index contributed by atoms with van der Waals surface area (Å²) in [5, 5.41) is 5.27. The van der Waals surface area contributed by atoms with Crippen LogP contribution < -0.4 is 15.4 Å². The quantitative estimate of drug-likeness (QED) is 0.734. The van der Waals surface area contributed by atoms with E-state index in [1.165, 1.54) is 18.2 Å². The number of hydrogen-bond acceptors (Lipinski definition) is 3. The first-order valence-corrected chi connectivity index (χ1v) is 7.88. The van der Waals surface area contributed by atoms with E-state index in [9.17, 15) is 22.8 Å². The Bertz CT molecular complexity index is 596. The Labute approximate surface area is 144 Å². The van der Waals surface area contributed by atoms with Crippen LogP contribution in [0.1, 0.15) is 39.2 Å². The lowest BCUT2D eigenvalue weighted by atomic mass is 9.96. The molecule has 2 N–H and O–H groups in total. The van der Waals surface area contributed by atoms with E-state index in [1.807, 2.05) is 0 Å². The van der Waals surface area contributed by atoms with Gasteiger partial charge in [-0.25, -0.2) is 0 Å². The Morgan fingerprint density at radius 1 is 1.08 bits per heavy atom. The summed E-state index contributed by atoms with van der Waals surface area (Å²) in [6.07, 6.45) is -4.19. The summed E-state index contributed by atoms with van der Waals surface area (Å²) in [7, 11) is 0. The predicted octanol–water partition coefficient (Wildman–Crippen LogP) is 3.14. The molecule has 140 valence electrons. The van der Waals surface area contributed by atoms with Gasteiger partial charge in [-0.2, -0.15) is 0 Å². The number of rotatable bonds is 7. The van der Waals surface area contributed by atoms with Gasteiger partial charge in [0.1, 0.15) is 5.75 Å². The summed E-state index contributed by atoms with van der Waals surface area (Å²) in [6, 6.07) is 5.62. The SMILES string of the molecule is CC(C)(C)C(=O)NCCCC(=O)NCc1ccccc1OC(F)(F)F. The van der Waals surface area contributed by atoms with Gasteiger partial charge in [0.25, 0.3) is 0 Å². The van der Waals surface area contributed by atoms with Gasteiger partial charge < -0.3 is 15.4 Å². The molecule has 0 fully saturated rings. The fourth-order valence-electron chi connectivity index (χ4n) is 1.87. The predicted molar refractivity (Wildman–Crippen MR) is 86.7 cm³/mol. The number of hydrogen-bond donors (Lipinski definition) is 2. The van der Waals surface area contributed by atoms with Gasteiger partial charge in [0.15, 0.2) is 0 Å². The minimum atomic E-state index is -4.79. The van der Waals surface area contributed by atoms with E-state index in [1.54, 1.807) is 26.8 Å². The Morgan fingerprint density at radius 2 is 1.72 bits per heavy atom. The largest absolute Gasteiger partial charge is 0.573 e. The van der Waals surface area contributed by atoms with Crippen molar-refractivity contribution in [2.45, 2.75) is 46.5 Å². The van der Waals surface area contributed by atoms with Gasteiger partial charge in [-0.05, 0) is 12.5 Å².